The molecule has 110 valence electrons. The highest BCUT2D eigenvalue weighted by Gasteiger charge is 2.18. The molecule has 4 nitrogen and oxygen atoms in total. The largest absolute Gasteiger partial charge is 0.278 e. The fourth-order valence-electron chi connectivity index (χ4n) is 3.39. The average Bonchev–Trinajstić information content (AvgIpc) is 2.94. The fraction of sp³-hybridized carbons (Fsp3) is 0.278. The first-order chi connectivity index (χ1) is 10.8. The summed E-state index contributed by atoms with van der Waals surface area (Å²) >= 11 is 0. The maximum Gasteiger partial charge on any atom is 0.209 e. The molecule has 0 saturated carbocycles. The van der Waals surface area contributed by atoms with Crippen LogP contribution in [-0.4, -0.2) is 9.38 Å². The van der Waals surface area contributed by atoms with Gasteiger partial charge in [-0.25, -0.2) is 4.98 Å². The molecule has 3 aromatic rings. The van der Waals surface area contributed by atoms with E-state index >= 15 is 0 Å². The number of rotatable bonds is 2. The zero-order valence-corrected chi connectivity index (χ0v) is 12.5. The lowest BCUT2D eigenvalue weighted by Crippen LogP contribution is -2.02. The first-order valence-electron chi connectivity index (χ1n) is 7.71. The van der Waals surface area contributed by atoms with Crippen molar-refractivity contribution in [3.63, 3.8) is 0 Å². The zero-order valence-electron chi connectivity index (χ0n) is 12.5. The van der Waals surface area contributed by atoms with Crippen LogP contribution in [0.15, 0.2) is 41.6 Å². The highest BCUT2D eigenvalue weighted by molar-refractivity contribution is 5.75. The molecule has 2 heterocycles. The Morgan fingerprint density at radius 3 is 2.73 bits per heavy atom. The van der Waals surface area contributed by atoms with Crippen LogP contribution in [0.3, 0.4) is 0 Å². The van der Waals surface area contributed by atoms with E-state index in [1.807, 2.05) is 29.5 Å². The van der Waals surface area contributed by atoms with E-state index in [4.69, 9.17) is 0 Å². The van der Waals surface area contributed by atoms with E-state index in [1.165, 1.54) is 24.0 Å². The number of benzene rings is 1. The van der Waals surface area contributed by atoms with Crippen LogP contribution in [-0.2, 0) is 12.8 Å². The summed E-state index contributed by atoms with van der Waals surface area (Å²) in [6.45, 7) is 1.96. The Bertz CT molecular complexity index is 879. The highest BCUT2D eigenvalue weighted by atomic mass is 16.3. The summed E-state index contributed by atoms with van der Waals surface area (Å²) in [5.74, 6) is 0.392. The molecule has 0 radical (unpaired) electrons. The topological polar surface area (TPSA) is 46.7 Å². The maximum atomic E-state index is 11.4. The lowest BCUT2D eigenvalue weighted by molar-refractivity contribution is 0.686. The van der Waals surface area contributed by atoms with Gasteiger partial charge in [0.25, 0.3) is 0 Å². The van der Waals surface area contributed by atoms with Crippen LogP contribution in [0.4, 0.5) is 5.82 Å². The summed E-state index contributed by atoms with van der Waals surface area (Å²) in [5.41, 5.74) is 6.20. The molecule has 0 bridgehead atoms. The van der Waals surface area contributed by atoms with Gasteiger partial charge >= 0.3 is 0 Å². The van der Waals surface area contributed by atoms with Crippen molar-refractivity contribution in [2.75, 3.05) is 0 Å². The minimum atomic E-state index is 0.392. The third-order valence-corrected chi connectivity index (χ3v) is 4.52. The van der Waals surface area contributed by atoms with Crippen LogP contribution in [0.2, 0.25) is 0 Å². The van der Waals surface area contributed by atoms with Crippen LogP contribution >= 0.6 is 0 Å². The van der Waals surface area contributed by atoms with Gasteiger partial charge in [0, 0.05) is 11.3 Å². The lowest BCUT2D eigenvalue weighted by Gasteiger charge is -2.16. The summed E-state index contributed by atoms with van der Waals surface area (Å²) in [5, 5.41) is 3.26. The zero-order chi connectivity index (χ0) is 15.1. The van der Waals surface area contributed by atoms with Crippen molar-refractivity contribution in [2.24, 2.45) is 5.18 Å². The molecule has 0 unspecified atom stereocenters. The number of pyridine rings is 1. The van der Waals surface area contributed by atoms with Crippen molar-refractivity contribution in [1.29, 1.82) is 0 Å². The van der Waals surface area contributed by atoms with Gasteiger partial charge in [0.2, 0.25) is 5.82 Å². The van der Waals surface area contributed by atoms with E-state index in [2.05, 4.69) is 28.4 Å². The van der Waals surface area contributed by atoms with Gasteiger partial charge in [-0.2, -0.15) is 0 Å². The van der Waals surface area contributed by atoms with E-state index in [-0.39, 0.29) is 0 Å². The number of aromatic nitrogens is 2. The Kier molecular flexibility index (Phi) is 3.03. The molecule has 0 spiro atoms. The second-order valence-corrected chi connectivity index (χ2v) is 5.93. The van der Waals surface area contributed by atoms with Gasteiger partial charge < -0.3 is 0 Å². The second-order valence-electron chi connectivity index (χ2n) is 5.93. The molecule has 0 amide bonds. The standard InChI is InChI=1S/C18H17N3O/c1-12-5-4-8-16-19-17(18(20-22)21(12)16)15-10-9-13-6-2-3-7-14(13)11-15/h4-5,8-11H,2-3,6-7H2,1H3. The lowest BCUT2D eigenvalue weighted by atomic mass is 9.90. The molecule has 4 rings (SSSR count). The molecule has 1 aliphatic rings. The minimum absolute atomic E-state index is 0.392. The predicted octanol–water partition coefficient (Wildman–Crippen LogP) is 4.59. The van der Waals surface area contributed by atoms with Gasteiger partial charge in [-0.1, -0.05) is 18.2 Å². The quantitative estimate of drug-likeness (QED) is 0.648. The number of nitrogens with zero attached hydrogens (tertiary/aromatic N) is 3. The first-order valence-corrected chi connectivity index (χ1v) is 7.71. The van der Waals surface area contributed by atoms with Crippen molar-refractivity contribution in [2.45, 2.75) is 32.6 Å². The summed E-state index contributed by atoms with van der Waals surface area (Å²) in [6.07, 6.45) is 4.76. The van der Waals surface area contributed by atoms with Gasteiger partial charge in [0.05, 0.1) is 0 Å². The van der Waals surface area contributed by atoms with Gasteiger partial charge in [-0.3, -0.25) is 4.40 Å². The van der Waals surface area contributed by atoms with Gasteiger partial charge in [0.1, 0.15) is 11.3 Å². The summed E-state index contributed by atoms with van der Waals surface area (Å²) in [4.78, 5) is 16.0. The Hall–Kier alpha value is -2.49. The van der Waals surface area contributed by atoms with E-state index < -0.39 is 0 Å². The van der Waals surface area contributed by atoms with Gasteiger partial charge in [-0.15, -0.1) is 4.91 Å². The van der Waals surface area contributed by atoms with Gasteiger partial charge in [-0.05, 0) is 67.1 Å². The molecule has 0 fully saturated rings. The van der Waals surface area contributed by atoms with Crippen molar-refractivity contribution >= 4 is 11.5 Å². The SMILES string of the molecule is Cc1cccc2nc(-c3ccc4c(c3)CCCC4)c(N=O)n12. The van der Waals surface area contributed by atoms with Crippen LogP contribution in [0.1, 0.15) is 29.7 Å². The second kappa shape index (κ2) is 5.05. The number of hydrogen-bond acceptors (Lipinski definition) is 3. The molecule has 0 saturated heterocycles. The summed E-state index contributed by atoms with van der Waals surface area (Å²) in [7, 11) is 0. The molecule has 2 aromatic heterocycles. The molecular weight excluding hydrogens is 274 g/mol. The smallest absolute Gasteiger partial charge is 0.209 e. The molecule has 1 aromatic carbocycles. The van der Waals surface area contributed by atoms with Crippen LogP contribution < -0.4 is 0 Å². The maximum absolute atomic E-state index is 11.4. The number of aryl methyl sites for hydroxylation is 3. The molecule has 4 heteroatoms. The fourth-order valence-corrected chi connectivity index (χ4v) is 3.39. The Balaban J connectivity index is 1.94. The van der Waals surface area contributed by atoms with Crippen molar-refractivity contribution in [3.8, 4) is 11.3 Å². The van der Waals surface area contributed by atoms with E-state index in [9.17, 15) is 4.91 Å². The number of hydrogen-bond donors (Lipinski definition) is 0. The van der Waals surface area contributed by atoms with Crippen LogP contribution in [0, 0.1) is 11.8 Å². The molecule has 0 atom stereocenters. The third kappa shape index (κ3) is 1.95. The van der Waals surface area contributed by atoms with Crippen LogP contribution in [0.5, 0.6) is 0 Å². The normalized spacial score (nSPS) is 14.0. The number of imidazole rings is 1. The van der Waals surface area contributed by atoms with Crippen molar-refractivity contribution in [3.05, 3.63) is 58.1 Å². The third-order valence-electron chi connectivity index (χ3n) is 4.52. The van der Waals surface area contributed by atoms with Crippen molar-refractivity contribution in [1.82, 2.24) is 9.38 Å². The minimum Gasteiger partial charge on any atom is -0.278 e. The first kappa shape index (κ1) is 13.2. The van der Waals surface area contributed by atoms with Crippen LogP contribution in [0.25, 0.3) is 16.9 Å². The average molecular weight is 291 g/mol. The number of nitroso groups, excluding NO2 is 1. The van der Waals surface area contributed by atoms with E-state index in [1.54, 1.807) is 0 Å². The summed E-state index contributed by atoms with van der Waals surface area (Å²) in [6, 6.07) is 12.2. The number of fused-ring (bicyclic) bond motifs is 2. The summed E-state index contributed by atoms with van der Waals surface area (Å²) < 4.78 is 1.82. The molecule has 0 N–H and O–H groups in total. The molecule has 1 aliphatic carbocycles. The molecule has 0 aliphatic heterocycles. The van der Waals surface area contributed by atoms with Gasteiger partial charge in [0.15, 0.2) is 0 Å². The Labute approximate surface area is 128 Å². The monoisotopic (exact) mass is 291 g/mol. The van der Waals surface area contributed by atoms with Crippen molar-refractivity contribution < 1.29 is 0 Å². The van der Waals surface area contributed by atoms with E-state index in [0.717, 1.165) is 29.7 Å². The Morgan fingerprint density at radius 2 is 1.91 bits per heavy atom. The Morgan fingerprint density at radius 1 is 1.09 bits per heavy atom. The predicted molar refractivity (Wildman–Crippen MR) is 87.5 cm³/mol. The molecular formula is C18H17N3O. The highest BCUT2D eigenvalue weighted by Crippen LogP contribution is 2.34. The van der Waals surface area contributed by atoms with E-state index in [0.29, 0.717) is 11.5 Å². The molecule has 22 heavy (non-hydrogen) atoms.